The summed E-state index contributed by atoms with van der Waals surface area (Å²) in [5.74, 6) is 0.267. The number of carbonyl (C=O) groups is 1. The fourth-order valence-corrected chi connectivity index (χ4v) is 2.58. The maximum absolute atomic E-state index is 11.7. The van der Waals surface area contributed by atoms with Crippen molar-refractivity contribution in [2.24, 2.45) is 0 Å². The largest absolute Gasteiger partial charge is 0.346 e. The van der Waals surface area contributed by atoms with Crippen molar-refractivity contribution in [2.45, 2.75) is 18.6 Å². The molecule has 0 N–H and O–H groups in total. The zero-order valence-corrected chi connectivity index (χ0v) is 9.85. The topological polar surface area (TPSA) is 38.8 Å². The van der Waals surface area contributed by atoms with Crippen LogP contribution in [0.5, 0.6) is 0 Å². The van der Waals surface area contributed by atoms with E-state index in [-0.39, 0.29) is 5.91 Å². The van der Waals surface area contributed by atoms with Crippen LogP contribution in [-0.4, -0.2) is 54.9 Å². The quantitative estimate of drug-likeness (QED) is 0.702. The highest BCUT2D eigenvalue weighted by molar-refractivity contribution is 7.99. The van der Waals surface area contributed by atoms with E-state index in [0.717, 1.165) is 19.4 Å². The van der Waals surface area contributed by atoms with E-state index in [1.807, 2.05) is 11.2 Å². The second-order valence-electron chi connectivity index (χ2n) is 3.96. The molecule has 2 aliphatic heterocycles. The zero-order chi connectivity index (χ0) is 10.7. The van der Waals surface area contributed by atoms with Crippen molar-refractivity contribution in [3.8, 4) is 0 Å². The molecule has 86 valence electrons. The van der Waals surface area contributed by atoms with Gasteiger partial charge in [0.2, 0.25) is 5.91 Å². The smallest absolute Gasteiger partial charge is 0.232 e. The van der Waals surface area contributed by atoms with Gasteiger partial charge in [0.15, 0.2) is 5.79 Å². The molecule has 2 saturated heterocycles. The molecule has 2 rings (SSSR count). The molecule has 1 spiro atoms. The Hall–Kier alpha value is -0.260. The number of hydrogen-bond acceptors (Lipinski definition) is 4. The molecule has 5 heteroatoms. The summed E-state index contributed by atoms with van der Waals surface area (Å²) in [4.78, 5) is 13.6. The van der Waals surface area contributed by atoms with E-state index < -0.39 is 5.79 Å². The molecule has 2 heterocycles. The van der Waals surface area contributed by atoms with E-state index in [1.54, 1.807) is 11.8 Å². The maximum atomic E-state index is 11.7. The SMILES string of the molecule is CSCC(=O)N1CCCC2(C1)OCCO2. The Morgan fingerprint density at radius 3 is 2.87 bits per heavy atom. The van der Waals surface area contributed by atoms with E-state index in [2.05, 4.69) is 0 Å². The Balaban J connectivity index is 1.94. The van der Waals surface area contributed by atoms with Gasteiger partial charge in [-0.3, -0.25) is 4.79 Å². The highest BCUT2D eigenvalue weighted by Crippen LogP contribution is 2.30. The molecule has 15 heavy (non-hydrogen) atoms. The van der Waals surface area contributed by atoms with Gasteiger partial charge in [0, 0.05) is 13.0 Å². The number of hydrogen-bond donors (Lipinski definition) is 0. The highest BCUT2D eigenvalue weighted by Gasteiger charge is 2.41. The first-order chi connectivity index (χ1) is 7.26. The van der Waals surface area contributed by atoms with Crippen LogP contribution in [0.1, 0.15) is 12.8 Å². The maximum Gasteiger partial charge on any atom is 0.232 e. The summed E-state index contributed by atoms with van der Waals surface area (Å²) in [6, 6.07) is 0. The predicted octanol–water partition coefficient (Wildman–Crippen LogP) is 0.715. The van der Waals surface area contributed by atoms with Crippen LogP contribution in [0.15, 0.2) is 0 Å². The van der Waals surface area contributed by atoms with Crippen molar-refractivity contribution in [2.75, 3.05) is 38.3 Å². The Morgan fingerprint density at radius 2 is 2.20 bits per heavy atom. The monoisotopic (exact) mass is 231 g/mol. The summed E-state index contributed by atoms with van der Waals surface area (Å²) < 4.78 is 11.2. The number of rotatable bonds is 2. The van der Waals surface area contributed by atoms with E-state index in [0.29, 0.717) is 25.5 Å². The number of ether oxygens (including phenoxy) is 2. The lowest BCUT2D eigenvalue weighted by Gasteiger charge is -2.38. The van der Waals surface area contributed by atoms with Crippen molar-refractivity contribution in [3.05, 3.63) is 0 Å². The lowest BCUT2D eigenvalue weighted by Crippen LogP contribution is -2.51. The van der Waals surface area contributed by atoms with Gasteiger partial charge < -0.3 is 14.4 Å². The first-order valence-corrected chi connectivity index (χ1v) is 6.70. The van der Waals surface area contributed by atoms with Gasteiger partial charge in [0.05, 0.1) is 25.5 Å². The average molecular weight is 231 g/mol. The number of thioether (sulfide) groups is 1. The van der Waals surface area contributed by atoms with Crippen LogP contribution in [0.3, 0.4) is 0 Å². The van der Waals surface area contributed by atoms with Gasteiger partial charge >= 0.3 is 0 Å². The fourth-order valence-electron chi connectivity index (χ4n) is 2.15. The van der Waals surface area contributed by atoms with Gasteiger partial charge in [-0.1, -0.05) is 0 Å². The number of likely N-dealkylation sites (tertiary alicyclic amines) is 1. The molecule has 0 aromatic carbocycles. The zero-order valence-electron chi connectivity index (χ0n) is 9.03. The van der Waals surface area contributed by atoms with E-state index in [1.165, 1.54) is 0 Å². The van der Waals surface area contributed by atoms with Crippen LogP contribution in [0, 0.1) is 0 Å². The van der Waals surface area contributed by atoms with Gasteiger partial charge in [-0.05, 0) is 12.7 Å². The molecular weight excluding hydrogens is 214 g/mol. The molecule has 2 aliphatic rings. The first kappa shape index (κ1) is 11.2. The number of nitrogens with zero attached hydrogens (tertiary/aromatic N) is 1. The molecule has 1 amide bonds. The molecule has 0 bridgehead atoms. The highest BCUT2D eigenvalue weighted by atomic mass is 32.2. The lowest BCUT2D eigenvalue weighted by molar-refractivity contribution is -0.192. The average Bonchev–Trinajstić information content (AvgIpc) is 2.67. The minimum atomic E-state index is -0.480. The number of amides is 1. The summed E-state index contributed by atoms with van der Waals surface area (Å²) in [6.07, 6.45) is 3.83. The molecule has 0 atom stereocenters. The third-order valence-electron chi connectivity index (χ3n) is 2.85. The summed E-state index contributed by atoms with van der Waals surface area (Å²) in [7, 11) is 0. The van der Waals surface area contributed by atoms with Gasteiger partial charge in [-0.25, -0.2) is 0 Å². The van der Waals surface area contributed by atoms with Crippen LogP contribution in [0.2, 0.25) is 0 Å². The molecule has 4 nitrogen and oxygen atoms in total. The molecule has 0 unspecified atom stereocenters. The van der Waals surface area contributed by atoms with Crippen molar-refractivity contribution in [1.29, 1.82) is 0 Å². The minimum Gasteiger partial charge on any atom is -0.346 e. The molecule has 0 saturated carbocycles. The molecule has 2 fully saturated rings. The third-order valence-corrected chi connectivity index (χ3v) is 3.39. The Morgan fingerprint density at radius 1 is 1.47 bits per heavy atom. The van der Waals surface area contributed by atoms with E-state index in [9.17, 15) is 4.79 Å². The Labute approximate surface area is 94.3 Å². The molecule has 0 aliphatic carbocycles. The van der Waals surface area contributed by atoms with E-state index >= 15 is 0 Å². The van der Waals surface area contributed by atoms with Crippen LogP contribution >= 0.6 is 11.8 Å². The van der Waals surface area contributed by atoms with Gasteiger partial charge in [0.1, 0.15) is 0 Å². The summed E-state index contributed by atoms with van der Waals surface area (Å²) in [6.45, 7) is 2.76. The Bertz CT molecular complexity index is 241. The van der Waals surface area contributed by atoms with E-state index in [4.69, 9.17) is 9.47 Å². The van der Waals surface area contributed by atoms with Crippen molar-refractivity contribution < 1.29 is 14.3 Å². The van der Waals surface area contributed by atoms with Crippen molar-refractivity contribution in [3.63, 3.8) is 0 Å². The van der Waals surface area contributed by atoms with Crippen LogP contribution in [0.4, 0.5) is 0 Å². The summed E-state index contributed by atoms with van der Waals surface area (Å²) in [5.41, 5.74) is 0. The van der Waals surface area contributed by atoms with Gasteiger partial charge in [0.25, 0.3) is 0 Å². The van der Waals surface area contributed by atoms with Crippen LogP contribution in [-0.2, 0) is 14.3 Å². The number of piperidine rings is 1. The van der Waals surface area contributed by atoms with Crippen LogP contribution in [0.25, 0.3) is 0 Å². The first-order valence-electron chi connectivity index (χ1n) is 5.30. The normalized spacial score (nSPS) is 24.7. The minimum absolute atomic E-state index is 0.195. The third kappa shape index (κ3) is 2.46. The molecular formula is C10H17NO3S. The lowest BCUT2D eigenvalue weighted by atomic mass is 10.0. The van der Waals surface area contributed by atoms with Crippen LogP contribution < -0.4 is 0 Å². The van der Waals surface area contributed by atoms with Crippen molar-refractivity contribution in [1.82, 2.24) is 4.90 Å². The molecule has 0 radical (unpaired) electrons. The van der Waals surface area contributed by atoms with Gasteiger partial charge in [-0.2, -0.15) is 11.8 Å². The predicted molar refractivity (Wildman–Crippen MR) is 58.8 cm³/mol. The fraction of sp³-hybridized carbons (Fsp3) is 0.900. The number of carbonyl (C=O) groups excluding carboxylic acids is 1. The standard InChI is InChI=1S/C10H17NO3S/c1-15-7-9(12)11-4-2-3-10(8-11)13-5-6-14-10/h2-8H2,1H3. The summed E-state index contributed by atoms with van der Waals surface area (Å²) in [5, 5.41) is 0. The second kappa shape index (κ2) is 4.72. The van der Waals surface area contributed by atoms with Gasteiger partial charge in [-0.15, -0.1) is 0 Å². The Kier molecular flexibility index (Phi) is 3.53. The second-order valence-corrected chi connectivity index (χ2v) is 4.83. The summed E-state index contributed by atoms with van der Waals surface area (Å²) >= 11 is 1.56. The molecule has 0 aromatic rings. The van der Waals surface area contributed by atoms with Crippen molar-refractivity contribution >= 4 is 17.7 Å². The molecule has 0 aromatic heterocycles.